The Balaban J connectivity index is 1.64. The second-order valence-electron chi connectivity index (χ2n) is 4.84. The largest absolute Gasteiger partial charge is 0.492 e. The van der Waals surface area contributed by atoms with Crippen LogP contribution in [0.5, 0.6) is 5.75 Å². The topological polar surface area (TPSA) is 33.3 Å². The second-order valence-corrected chi connectivity index (χ2v) is 4.84. The van der Waals surface area contributed by atoms with Gasteiger partial charge in [-0.15, -0.1) is 0 Å². The van der Waals surface area contributed by atoms with E-state index in [-0.39, 0.29) is 0 Å². The molecule has 2 rings (SSSR count). The van der Waals surface area contributed by atoms with Crippen LogP contribution in [0.25, 0.3) is 0 Å². The zero-order chi connectivity index (χ0) is 14.8. The van der Waals surface area contributed by atoms with E-state index in [0.717, 1.165) is 37.5 Å². The maximum absolute atomic E-state index is 5.59. The SMILES string of the molecule is CCOc1ccccc1NCCNCCc1ccccc1. The van der Waals surface area contributed by atoms with Gasteiger partial charge in [0.1, 0.15) is 5.75 Å². The molecule has 0 bridgehead atoms. The quantitative estimate of drug-likeness (QED) is 0.693. The normalized spacial score (nSPS) is 10.3. The van der Waals surface area contributed by atoms with Crippen molar-refractivity contribution in [1.82, 2.24) is 5.32 Å². The summed E-state index contributed by atoms with van der Waals surface area (Å²) in [6.07, 6.45) is 1.07. The smallest absolute Gasteiger partial charge is 0.142 e. The Labute approximate surface area is 127 Å². The third kappa shape index (κ3) is 5.48. The van der Waals surface area contributed by atoms with E-state index in [2.05, 4.69) is 47.0 Å². The van der Waals surface area contributed by atoms with Crippen molar-refractivity contribution in [2.45, 2.75) is 13.3 Å². The Morgan fingerprint density at radius 3 is 2.43 bits per heavy atom. The van der Waals surface area contributed by atoms with Gasteiger partial charge in [-0.25, -0.2) is 0 Å². The monoisotopic (exact) mass is 284 g/mol. The maximum atomic E-state index is 5.59. The number of benzene rings is 2. The van der Waals surface area contributed by atoms with Crippen molar-refractivity contribution in [3.05, 3.63) is 60.2 Å². The van der Waals surface area contributed by atoms with Crippen molar-refractivity contribution in [1.29, 1.82) is 0 Å². The standard InChI is InChI=1S/C18H24N2O/c1-2-21-18-11-7-6-10-17(18)20-15-14-19-13-12-16-8-4-3-5-9-16/h3-11,19-20H,2,12-15H2,1H3. The van der Waals surface area contributed by atoms with Crippen molar-refractivity contribution >= 4 is 5.69 Å². The lowest BCUT2D eigenvalue weighted by atomic mass is 10.1. The third-order valence-corrected chi connectivity index (χ3v) is 3.24. The fraction of sp³-hybridized carbons (Fsp3) is 0.333. The highest BCUT2D eigenvalue weighted by Crippen LogP contribution is 2.23. The minimum Gasteiger partial charge on any atom is -0.492 e. The van der Waals surface area contributed by atoms with E-state index in [1.807, 2.05) is 25.1 Å². The molecular weight excluding hydrogens is 260 g/mol. The average molecular weight is 284 g/mol. The lowest BCUT2D eigenvalue weighted by Crippen LogP contribution is -2.24. The summed E-state index contributed by atoms with van der Waals surface area (Å²) in [5, 5.41) is 6.86. The van der Waals surface area contributed by atoms with Crippen molar-refractivity contribution < 1.29 is 4.74 Å². The molecule has 0 saturated carbocycles. The highest BCUT2D eigenvalue weighted by molar-refractivity contribution is 5.56. The fourth-order valence-corrected chi connectivity index (χ4v) is 2.18. The van der Waals surface area contributed by atoms with Crippen molar-refractivity contribution in [2.24, 2.45) is 0 Å². The third-order valence-electron chi connectivity index (χ3n) is 3.24. The molecule has 0 saturated heterocycles. The molecule has 3 heteroatoms. The molecule has 3 nitrogen and oxygen atoms in total. The summed E-state index contributed by atoms with van der Waals surface area (Å²) in [6, 6.07) is 18.6. The zero-order valence-corrected chi connectivity index (χ0v) is 12.6. The summed E-state index contributed by atoms with van der Waals surface area (Å²) >= 11 is 0. The van der Waals surface area contributed by atoms with Crippen LogP contribution < -0.4 is 15.4 Å². The molecule has 0 heterocycles. The number of hydrogen-bond acceptors (Lipinski definition) is 3. The molecule has 2 aromatic carbocycles. The average Bonchev–Trinajstić information content (AvgIpc) is 2.53. The van der Waals surface area contributed by atoms with E-state index in [1.165, 1.54) is 5.56 Å². The van der Waals surface area contributed by atoms with Gasteiger partial charge < -0.3 is 15.4 Å². The van der Waals surface area contributed by atoms with Crippen molar-refractivity contribution in [2.75, 3.05) is 31.6 Å². The van der Waals surface area contributed by atoms with Gasteiger partial charge >= 0.3 is 0 Å². The molecule has 112 valence electrons. The summed E-state index contributed by atoms with van der Waals surface area (Å²) < 4.78 is 5.59. The Bertz CT molecular complexity index is 514. The van der Waals surface area contributed by atoms with Crippen LogP contribution in [0.3, 0.4) is 0 Å². The first-order valence-electron chi connectivity index (χ1n) is 7.60. The second kappa shape index (κ2) is 9.03. The number of ether oxygens (including phenoxy) is 1. The molecule has 0 fully saturated rings. The van der Waals surface area contributed by atoms with E-state index in [0.29, 0.717) is 6.61 Å². The van der Waals surface area contributed by atoms with Gasteiger partial charge in [0.05, 0.1) is 12.3 Å². The summed E-state index contributed by atoms with van der Waals surface area (Å²) in [5.74, 6) is 0.921. The first-order chi connectivity index (χ1) is 10.4. The van der Waals surface area contributed by atoms with E-state index in [1.54, 1.807) is 0 Å². The molecule has 2 N–H and O–H groups in total. The van der Waals surface area contributed by atoms with Crippen molar-refractivity contribution in [3.8, 4) is 5.75 Å². The first-order valence-corrected chi connectivity index (χ1v) is 7.60. The molecule has 0 unspecified atom stereocenters. The van der Waals surface area contributed by atoms with Gasteiger partial charge in [0.2, 0.25) is 0 Å². The van der Waals surface area contributed by atoms with Gasteiger partial charge in [0.15, 0.2) is 0 Å². The molecule has 0 aliphatic rings. The Morgan fingerprint density at radius 2 is 1.62 bits per heavy atom. The van der Waals surface area contributed by atoms with Crippen LogP contribution in [0.4, 0.5) is 5.69 Å². The molecular formula is C18H24N2O. The summed E-state index contributed by atoms with van der Waals surface area (Å²) in [6.45, 7) is 5.51. The molecule has 0 aliphatic carbocycles. The zero-order valence-electron chi connectivity index (χ0n) is 12.6. The number of nitrogens with one attached hydrogen (secondary N) is 2. The predicted octanol–water partition coefficient (Wildman–Crippen LogP) is 3.33. The van der Waals surface area contributed by atoms with Gasteiger partial charge in [-0.3, -0.25) is 0 Å². The van der Waals surface area contributed by atoms with Gasteiger partial charge in [-0.05, 0) is 37.6 Å². The Hall–Kier alpha value is -2.00. The first kappa shape index (κ1) is 15.4. The van der Waals surface area contributed by atoms with E-state index in [9.17, 15) is 0 Å². The molecule has 0 amide bonds. The predicted molar refractivity (Wildman–Crippen MR) is 89.1 cm³/mol. The minimum atomic E-state index is 0.689. The highest BCUT2D eigenvalue weighted by Gasteiger charge is 2.00. The lowest BCUT2D eigenvalue weighted by Gasteiger charge is -2.12. The molecule has 0 atom stereocenters. The van der Waals surface area contributed by atoms with Crippen LogP contribution in [-0.4, -0.2) is 26.2 Å². The van der Waals surface area contributed by atoms with Gasteiger partial charge in [0.25, 0.3) is 0 Å². The molecule has 0 aliphatic heterocycles. The van der Waals surface area contributed by atoms with Gasteiger partial charge in [-0.2, -0.15) is 0 Å². The Morgan fingerprint density at radius 1 is 0.857 bits per heavy atom. The number of anilines is 1. The van der Waals surface area contributed by atoms with E-state index < -0.39 is 0 Å². The van der Waals surface area contributed by atoms with Gasteiger partial charge in [-0.1, -0.05) is 42.5 Å². The van der Waals surface area contributed by atoms with Crippen molar-refractivity contribution in [3.63, 3.8) is 0 Å². The molecule has 2 aromatic rings. The van der Waals surface area contributed by atoms with Gasteiger partial charge in [0, 0.05) is 13.1 Å². The molecule has 0 radical (unpaired) electrons. The van der Waals surface area contributed by atoms with Crippen LogP contribution in [-0.2, 0) is 6.42 Å². The maximum Gasteiger partial charge on any atom is 0.142 e. The van der Waals surface area contributed by atoms with E-state index >= 15 is 0 Å². The van der Waals surface area contributed by atoms with Crippen LogP contribution in [0.1, 0.15) is 12.5 Å². The minimum absolute atomic E-state index is 0.689. The molecule has 0 spiro atoms. The van der Waals surface area contributed by atoms with Crippen LogP contribution in [0.2, 0.25) is 0 Å². The molecule has 21 heavy (non-hydrogen) atoms. The van der Waals surface area contributed by atoms with Crippen LogP contribution >= 0.6 is 0 Å². The molecule has 0 aromatic heterocycles. The summed E-state index contributed by atoms with van der Waals surface area (Å²) in [7, 11) is 0. The summed E-state index contributed by atoms with van der Waals surface area (Å²) in [5.41, 5.74) is 2.43. The Kier molecular flexibility index (Phi) is 6.62. The fourth-order valence-electron chi connectivity index (χ4n) is 2.18. The summed E-state index contributed by atoms with van der Waals surface area (Å²) in [4.78, 5) is 0. The number of para-hydroxylation sites is 2. The number of hydrogen-bond donors (Lipinski definition) is 2. The lowest BCUT2D eigenvalue weighted by molar-refractivity contribution is 0.341. The van der Waals surface area contributed by atoms with Crippen LogP contribution in [0.15, 0.2) is 54.6 Å². The van der Waals surface area contributed by atoms with Crippen LogP contribution in [0, 0.1) is 0 Å². The van der Waals surface area contributed by atoms with E-state index in [4.69, 9.17) is 4.74 Å². The highest BCUT2D eigenvalue weighted by atomic mass is 16.5. The number of rotatable bonds is 9.